The number of hydrogen-bond acceptors (Lipinski definition) is 14. The molecule has 16 heteroatoms. The molecule has 16 nitrogen and oxygen atoms in total. The highest BCUT2D eigenvalue weighted by molar-refractivity contribution is 5.82. The Balaban J connectivity index is 1.26. The molecule has 0 spiro atoms. The summed E-state index contributed by atoms with van der Waals surface area (Å²) in [5, 5.41) is 78.0. The summed E-state index contributed by atoms with van der Waals surface area (Å²) < 4.78 is 30.8. The maximum atomic E-state index is 13.9. The van der Waals surface area contributed by atoms with Crippen LogP contribution >= 0.6 is 0 Å². The van der Waals surface area contributed by atoms with Crippen molar-refractivity contribution in [1.82, 2.24) is 5.32 Å². The number of rotatable bonds is 14. The maximum Gasteiger partial charge on any atom is 0.314 e. The number of carboxylic acid groups (broad SMARTS) is 1. The second-order valence-corrected chi connectivity index (χ2v) is 21.5. The Kier molecular flexibility index (Phi) is 14.7. The Hall–Kier alpha value is -2.25. The molecule has 1 amide bonds. The number of fused-ring (bicyclic) bond motifs is 4. The molecule has 2 saturated carbocycles. The fourth-order valence-corrected chi connectivity index (χ4v) is 13.7. The van der Waals surface area contributed by atoms with E-state index in [-0.39, 0.29) is 35.1 Å². The summed E-state index contributed by atoms with van der Waals surface area (Å²) in [5.74, 6) is -1.02. The minimum absolute atomic E-state index is 0.0590. The van der Waals surface area contributed by atoms with Gasteiger partial charge in [-0.05, 0) is 111 Å². The molecule has 6 aliphatic rings. The highest BCUT2D eigenvalue weighted by Crippen LogP contribution is 2.73. The Labute approximate surface area is 372 Å². The zero-order valence-electron chi connectivity index (χ0n) is 39.0. The van der Waals surface area contributed by atoms with Crippen molar-refractivity contribution in [2.75, 3.05) is 13.2 Å². The number of carbonyl (C=O) groups excluding carboxylic acids is 2. The second kappa shape index (κ2) is 18.4. The molecule has 0 aromatic carbocycles. The minimum Gasteiger partial charge on any atom is -0.481 e. The van der Waals surface area contributed by atoms with Gasteiger partial charge in [0.25, 0.3) is 0 Å². The first kappa shape index (κ1) is 50.2. The molecule has 360 valence electrons. The zero-order valence-corrected chi connectivity index (χ0v) is 39.0. The van der Waals surface area contributed by atoms with Crippen LogP contribution in [0.3, 0.4) is 0 Å². The van der Waals surface area contributed by atoms with Crippen LogP contribution in [0.4, 0.5) is 0 Å². The second-order valence-electron chi connectivity index (χ2n) is 21.5. The van der Waals surface area contributed by atoms with Crippen molar-refractivity contribution in [2.45, 2.75) is 207 Å². The van der Waals surface area contributed by atoms with Crippen LogP contribution in [0, 0.1) is 45.3 Å². The molecule has 0 bridgehead atoms. The van der Waals surface area contributed by atoms with E-state index in [0.29, 0.717) is 32.1 Å². The summed E-state index contributed by atoms with van der Waals surface area (Å²) in [7, 11) is 0. The van der Waals surface area contributed by atoms with Crippen LogP contribution in [-0.2, 0) is 38.1 Å². The number of carbonyl (C=O) groups is 3. The fourth-order valence-electron chi connectivity index (χ4n) is 13.7. The van der Waals surface area contributed by atoms with Crippen LogP contribution in [0.2, 0.25) is 0 Å². The molecule has 0 unspecified atom stereocenters. The molecule has 2 aliphatic heterocycles. The third-order valence-electron chi connectivity index (χ3n) is 17.6. The lowest BCUT2D eigenvalue weighted by atomic mass is 9.43. The summed E-state index contributed by atoms with van der Waals surface area (Å²) in [5.41, 5.74) is -0.572. The third kappa shape index (κ3) is 8.54. The summed E-state index contributed by atoms with van der Waals surface area (Å²) >= 11 is 0. The van der Waals surface area contributed by atoms with Gasteiger partial charge in [0.2, 0.25) is 5.91 Å². The number of allylic oxidation sites excluding steroid dienone is 1. The molecule has 0 radical (unpaired) electrons. The predicted molar refractivity (Wildman–Crippen MR) is 227 cm³/mol. The van der Waals surface area contributed by atoms with E-state index < -0.39 is 114 Å². The summed E-state index contributed by atoms with van der Waals surface area (Å²) in [6.45, 7) is 18.5. The van der Waals surface area contributed by atoms with Crippen LogP contribution in [0.5, 0.6) is 0 Å². The number of ether oxygens (including phenoxy) is 5. The van der Waals surface area contributed by atoms with Crippen LogP contribution in [-0.4, -0.2) is 140 Å². The number of aliphatic hydroxyl groups is 6. The van der Waals surface area contributed by atoms with Crippen molar-refractivity contribution in [3.63, 3.8) is 0 Å². The lowest BCUT2D eigenvalue weighted by Crippen LogP contribution is -2.68. The average Bonchev–Trinajstić information content (AvgIpc) is 3.54. The average molecular weight is 896 g/mol. The van der Waals surface area contributed by atoms with Gasteiger partial charge >= 0.3 is 11.9 Å². The van der Waals surface area contributed by atoms with Crippen LogP contribution in [0.15, 0.2) is 11.1 Å². The van der Waals surface area contributed by atoms with E-state index in [9.17, 15) is 50.1 Å². The SMILES string of the molecule is CC(=O)N[C@H]1[C@H](O[C@H]2[C@H](O[C@H]3CC[C@]4(C)C5=C(CC[C@H]4C3(C)C)[C@]3(C(=O)O)CC[C@H]([C@H](C)CC[C@](C)(OC(C)=O)C(C)C)[C@@]3(C)CC5)O[C@H](CO)[C@H](O)[C@@H]2O)O[C@H](CO)[C@@H](O)[C@@H]1O. The summed E-state index contributed by atoms with van der Waals surface area (Å²) in [6, 6.07) is -1.34. The monoisotopic (exact) mass is 896 g/mol. The van der Waals surface area contributed by atoms with Crippen LogP contribution < -0.4 is 5.32 Å². The Bertz CT molecular complexity index is 1720. The Morgan fingerprint density at radius 3 is 2.00 bits per heavy atom. The van der Waals surface area contributed by atoms with Gasteiger partial charge in [-0.2, -0.15) is 0 Å². The zero-order chi connectivity index (χ0) is 46.8. The van der Waals surface area contributed by atoms with Gasteiger partial charge in [0.1, 0.15) is 54.4 Å². The van der Waals surface area contributed by atoms with Crippen molar-refractivity contribution in [3.05, 3.63) is 11.1 Å². The molecular weight excluding hydrogens is 819 g/mol. The van der Waals surface area contributed by atoms with Crippen molar-refractivity contribution < 1.29 is 73.8 Å². The van der Waals surface area contributed by atoms with Gasteiger partial charge < -0.3 is 64.7 Å². The van der Waals surface area contributed by atoms with E-state index in [1.165, 1.54) is 19.4 Å². The quantitative estimate of drug-likeness (QED) is 0.0920. The van der Waals surface area contributed by atoms with Gasteiger partial charge in [-0.1, -0.05) is 59.6 Å². The number of amides is 1. The molecule has 4 aliphatic carbocycles. The van der Waals surface area contributed by atoms with Crippen molar-refractivity contribution in [1.29, 1.82) is 0 Å². The molecule has 18 atom stereocenters. The highest BCUT2D eigenvalue weighted by atomic mass is 16.8. The number of aliphatic carboxylic acids is 1. The van der Waals surface area contributed by atoms with E-state index in [1.54, 1.807) is 0 Å². The van der Waals surface area contributed by atoms with Crippen molar-refractivity contribution in [3.8, 4) is 0 Å². The van der Waals surface area contributed by atoms with Crippen LogP contribution in [0.1, 0.15) is 133 Å². The van der Waals surface area contributed by atoms with E-state index in [2.05, 4.69) is 53.8 Å². The molecular formula is C47H77NO15. The number of esters is 1. The molecule has 63 heavy (non-hydrogen) atoms. The van der Waals surface area contributed by atoms with Gasteiger partial charge in [-0.25, -0.2) is 0 Å². The molecule has 6 rings (SSSR count). The molecule has 8 N–H and O–H groups in total. The van der Waals surface area contributed by atoms with Gasteiger partial charge in [0, 0.05) is 13.8 Å². The minimum atomic E-state index is -1.69. The first-order chi connectivity index (χ1) is 29.3. The predicted octanol–water partition coefficient (Wildman–Crippen LogP) is 3.35. The molecule has 0 aromatic rings. The first-order valence-electron chi connectivity index (χ1n) is 23.3. The van der Waals surface area contributed by atoms with E-state index in [1.807, 2.05) is 6.92 Å². The van der Waals surface area contributed by atoms with E-state index in [4.69, 9.17) is 23.7 Å². The molecule has 2 heterocycles. The largest absolute Gasteiger partial charge is 0.481 e. The Morgan fingerprint density at radius 2 is 1.43 bits per heavy atom. The van der Waals surface area contributed by atoms with E-state index >= 15 is 0 Å². The lowest BCUT2D eigenvalue weighted by molar-refractivity contribution is -0.367. The maximum absolute atomic E-state index is 13.9. The molecule has 0 aromatic heterocycles. The topological polar surface area (TPSA) is 251 Å². The first-order valence-corrected chi connectivity index (χ1v) is 23.3. The number of nitrogens with one attached hydrogen (secondary N) is 1. The fraction of sp³-hybridized carbons (Fsp3) is 0.894. The smallest absolute Gasteiger partial charge is 0.314 e. The lowest BCUT2D eigenvalue weighted by Gasteiger charge is -2.62. The van der Waals surface area contributed by atoms with Gasteiger partial charge in [-0.15, -0.1) is 0 Å². The third-order valence-corrected chi connectivity index (χ3v) is 17.6. The Morgan fingerprint density at radius 1 is 0.810 bits per heavy atom. The van der Waals surface area contributed by atoms with Gasteiger partial charge in [-0.3, -0.25) is 14.4 Å². The number of hydrogen-bond donors (Lipinski definition) is 8. The highest BCUT2D eigenvalue weighted by Gasteiger charge is 2.69. The van der Waals surface area contributed by atoms with E-state index in [0.717, 1.165) is 37.7 Å². The summed E-state index contributed by atoms with van der Waals surface area (Å²) in [4.78, 5) is 38.2. The molecule has 2 saturated heterocycles. The van der Waals surface area contributed by atoms with Gasteiger partial charge in [0.15, 0.2) is 12.6 Å². The van der Waals surface area contributed by atoms with Crippen molar-refractivity contribution >= 4 is 17.8 Å². The van der Waals surface area contributed by atoms with Gasteiger partial charge in [0.05, 0.1) is 24.7 Å². The number of aliphatic hydroxyl groups excluding tert-OH is 6. The standard InChI is InChI=1S/C47H77NO15/c1-23(2)46(10,63-26(5)52)19-13-24(3)27-15-20-47(42(57)58)29-11-12-32-43(6,7)33(16-17-44(32,8)28(29)14-18-45(27,47)9)61-41-39(38(56)36(54)31(22-50)60-41)62-40-34(48-25(4)51)37(55)35(53)30(21-49)59-40/h23-24,27,30-41,49-50,53-56H,11-22H2,1-10H3,(H,48,51)(H,57,58)/t24-,27-,30-,31-,32+,33+,34-,35-,36+,37-,38+,39-,40+,41+,44-,45-,46+,47+/m1/s1. The van der Waals surface area contributed by atoms with Crippen molar-refractivity contribution in [2.24, 2.45) is 45.3 Å². The normalized spacial score (nSPS) is 43.9. The molecule has 4 fully saturated rings. The number of carboxylic acids is 1. The summed E-state index contributed by atoms with van der Waals surface area (Å²) in [6.07, 6.45) is -6.86. The van der Waals surface area contributed by atoms with Crippen LogP contribution in [0.25, 0.3) is 0 Å².